The molecule has 1 amide bonds. The molecule has 7 heteroatoms. The summed E-state index contributed by atoms with van der Waals surface area (Å²) in [5.41, 5.74) is 3.62. The Bertz CT molecular complexity index is 1010. The van der Waals surface area contributed by atoms with Gasteiger partial charge in [-0.2, -0.15) is 0 Å². The molecule has 31 heavy (non-hydrogen) atoms. The second-order valence-electron chi connectivity index (χ2n) is 7.34. The summed E-state index contributed by atoms with van der Waals surface area (Å²) in [6.07, 6.45) is 0.305. The van der Waals surface area contributed by atoms with Crippen molar-refractivity contribution >= 4 is 5.91 Å². The predicted octanol–water partition coefficient (Wildman–Crippen LogP) is 4.09. The van der Waals surface area contributed by atoms with Crippen LogP contribution < -0.4 is 14.2 Å². The molecule has 7 nitrogen and oxygen atoms in total. The van der Waals surface area contributed by atoms with Gasteiger partial charge in [0.1, 0.15) is 29.6 Å². The summed E-state index contributed by atoms with van der Waals surface area (Å²) in [5, 5.41) is 3.93. The fourth-order valence-corrected chi connectivity index (χ4v) is 3.20. The number of hydrogen-bond donors (Lipinski definition) is 0. The van der Waals surface area contributed by atoms with E-state index in [1.165, 1.54) is 0 Å². The number of rotatable bonds is 9. The van der Waals surface area contributed by atoms with Crippen molar-refractivity contribution in [3.05, 3.63) is 70.6 Å². The molecule has 0 N–H and O–H groups in total. The molecule has 0 bridgehead atoms. The molecule has 3 rings (SSSR count). The number of benzene rings is 2. The first-order valence-corrected chi connectivity index (χ1v) is 9.99. The highest BCUT2D eigenvalue weighted by atomic mass is 16.5. The van der Waals surface area contributed by atoms with Crippen molar-refractivity contribution in [3.8, 4) is 17.2 Å². The molecule has 2 aromatic carbocycles. The van der Waals surface area contributed by atoms with Crippen LogP contribution >= 0.6 is 0 Å². The molecule has 1 aromatic heterocycles. The minimum atomic E-state index is 0.0160. The lowest BCUT2D eigenvalue weighted by Crippen LogP contribution is -2.27. The Kier molecular flexibility index (Phi) is 7.18. The van der Waals surface area contributed by atoms with Crippen molar-refractivity contribution < 1.29 is 23.5 Å². The van der Waals surface area contributed by atoms with E-state index in [-0.39, 0.29) is 5.91 Å². The van der Waals surface area contributed by atoms with Gasteiger partial charge in [-0.3, -0.25) is 4.79 Å². The van der Waals surface area contributed by atoms with Gasteiger partial charge in [0, 0.05) is 25.2 Å². The highest BCUT2D eigenvalue weighted by Crippen LogP contribution is 2.26. The van der Waals surface area contributed by atoms with E-state index in [1.54, 1.807) is 26.2 Å². The van der Waals surface area contributed by atoms with Gasteiger partial charge in [0.15, 0.2) is 0 Å². The molecule has 1 heterocycles. The first-order chi connectivity index (χ1) is 14.9. The zero-order valence-electron chi connectivity index (χ0n) is 18.6. The van der Waals surface area contributed by atoms with Gasteiger partial charge >= 0.3 is 0 Å². The molecule has 0 atom stereocenters. The molecule has 0 aliphatic heterocycles. The van der Waals surface area contributed by atoms with Crippen LogP contribution in [0.25, 0.3) is 0 Å². The molecule has 3 aromatic rings. The topological polar surface area (TPSA) is 74.0 Å². The molecular weight excluding hydrogens is 396 g/mol. The summed E-state index contributed by atoms with van der Waals surface area (Å²) >= 11 is 0. The van der Waals surface area contributed by atoms with Crippen LogP contribution in [0, 0.1) is 13.8 Å². The Balaban J connectivity index is 1.56. The van der Waals surface area contributed by atoms with Crippen LogP contribution in [0.1, 0.15) is 28.1 Å². The zero-order valence-corrected chi connectivity index (χ0v) is 18.6. The number of nitrogens with zero attached hydrogens (tertiary/aromatic N) is 2. The number of carbonyl (C=O) groups is 1. The molecule has 0 aliphatic carbocycles. The summed E-state index contributed by atoms with van der Waals surface area (Å²) in [5.74, 6) is 2.91. The molecule has 0 saturated carbocycles. The largest absolute Gasteiger partial charge is 0.497 e. The van der Waals surface area contributed by atoms with Gasteiger partial charge in [0.05, 0.1) is 31.9 Å². The number of ether oxygens (including phenoxy) is 3. The maximum Gasteiger partial charge on any atom is 0.227 e. The molecule has 0 radical (unpaired) electrons. The maximum absolute atomic E-state index is 12.7. The standard InChI is InChI=1S/C24H28N2O5/c1-16-22(17(2)31-25-16)15-30-20-9-6-18(7-10-20)12-24(27)26(3)14-19-8-11-21(28-4)13-23(19)29-5/h6-11,13H,12,14-15H2,1-5H3. The van der Waals surface area contributed by atoms with E-state index in [0.29, 0.717) is 31.1 Å². The summed E-state index contributed by atoms with van der Waals surface area (Å²) in [7, 11) is 5.00. The van der Waals surface area contributed by atoms with Crippen LogP contribution in [0.3, 0.4) is 0 Å². The first kappa shape index (κ1) is 22.2. The SMILES string of the molecule is COc1ccc(CN(C)C(=O)Cc2ccc(OCc3c(C)noc3C)cc2)c(OC)c1. The quantitative estimate of drug-likeness (QED) is 0.515. The summed E-state index contributed by atoms with van der Waals surface area (Å²) in [4.78, 5) is 14.4. The van der Waals surface area contributed by atoms with Crippen molar-refractivity contribution in [3.63, 3.8) is 0 Å². The van der Waals surface area contributed by atoms with E-state index in [0.717, 1.165) is 33.9 Å². The second kappa shape index (κ2) is 10.0. The number of amides is 1. The van der Waals surface area contributed by atoms with E-state index in [2.05, 4.69) is 5.16 Å². The van der Waals surface area contributed by atoms with Crippen LogP contribution in [-0.4, -0.2) is 37.2 Å². The molecule has 0 unspecified atom stereocenters. The summed E-state index contributed by atoms with van der Waals surface area (Å²) in [6.45, 7) is 4.60. The Morgan fingerprint density at radius 1 is 1.03 bits per heavy atom. The normalized spacial score (nSPS) is 10.6. The van der Waals surface area contributed by atoms with Crippen molar-refractivity contribution in [2.75, 3.05) is 21.3 Å². The number of aromatic nitrogens is 1. The Morgan fingerprint density at radius 3 is 2.35 bits per heavy atom. The fourth-order valence-electron chi connectivity index (χ4n) is 3.20. The van der Waals surface area contributed by atoms with Crippen LogP contribution in [0.15, 0.2) is 47.0 Å². The lowest BCUT2D eigenvalue weighted by molar-refractivity contribution is -0.129. The van der Waals surface area contributed by atoms with Crippen molar-refractivity contribution in [2.24, 2.45) is 0 Å². The highest BCUT2D eigenvalue weighted by molar-refractivity contribution is 5.78. The number of aryl methyl sites for hydroxylation is 2. The number of likely N-dealkylation sites (N-methyl/N-ethyl adjacent to an activating group) is 1. The van der Waals surface area contributed by atoms with E-state index >= 15 is 0 Å². The number of carbonyl (C=O) groups excluding carboxylic acids is 1. The lowest BCUT2D eigenvalue weighted by atomic mass is 10.1. The van der Waals surface area contributed by atoms with E-state index in [9.17, 15) is 4.79 Å². The first-order valence-electron chi connectivity index (χ1n) is 9.99. The van der Waals surface area contributed by atoms with Crippen LogP contribution in [0.2, 0.25) is 0 Å². The van der Waals surface area contributed by atoms with Gasteiger partial charge in [0.2, 0.25) is 5.91 Å². The summed E-state index contributed by atoms with van der Waals surface area (Å²) in [6, 6.07) is 13.1. The number of hydrogen-bond acceptors (Lipinski definition) is 6. The van der Waals surface area contributed by atoms with Gasteiger partial charge in [-0.1, -0.05) is 17.3 Å². The monoisotopic (exact) mass is 424 g/mol. The predicted molar refractivity (Wildman–Crippen MR) is 116 cm³/mol. The van der Waals surface area contributed by atoms with Gasteiger partial charge < -0.3 is 23.6 Å². The lowest BCUT2D eigenvalue weighted by Gasteiger charge is -2.19. The third kappa shape index (κ3) is 5.57. The molecule has 164 valence electrons. The van der Waals surface area contributed by atoms with E-state index < -0.39 is 0 Å². The Morgan fingerprint density at radius 2 is 1.74 bits per heavy atom. The van der Waals surface area contributed by atoms with Gasteiger partial charge in [-0.25, -0.2) is 0 Å². The molecule has 0 aliphatic rings. The van der Waals surface area contributed by atoms with Crippen molar-refractivity contribution in [1.29, 1.82) is 0 Å². The zero-order chi connectivity index (χ0) is 22.4. The summed E-state index contributed by atoms with van der Waals surface area (Å²) < 4.78 is 21.6. The van der Waals surface area contributed by atoms with Crippen molar-refractivity contribution in [2.45, 2.75) is 33.4 Å². The van der Waals surface area contributed by atoms with E-state index in [4.69, 9.17) is 18.7 Å². The smallest absolute Gasteiger partial charge is 0.227 e. The maximum atomic E-state index is 12.7. The van der Waals surface area contributed by atoms with Crippen molar-refractivity contribution in [1.82, 2.24) is 10.1 Å². The molecular formula is C24H28N2O5. The minimum absolute atomic E-state index is 0.0160. The van der Waals surface area contributed by atoms with Crippen LogP contribution in [0.5, 0.6) is 17.2 Å². The van der Waals surface area contributed by atoms with Crippen LogP contribution in [-0.2, 0) is 24.4 Å². The average molecular weight is 424 g/mol. The molecule has 0 fully saturated rings. The third-order valence-electron chi connectivity index (χ3n) is 5.17. The molecule has 0 saturated heterocycles. The van der Waals surface area contributed by atoms with Gasteiger partial charge in [-0.05, 0) is 43.7 Å². The van der Waals surface area contributed by atoms with Gasteiger partial charge in [0.25, 0.3) is 0 Å². The fraction of sp³-hybridized carbons (Fsp3) is 0.333. The van der Waals surface area contributed by atoms with E-state index in [1.807, 2.05) is 56.3 Å². The van der Waals surface area contributed by atoms with Gasteiger partial charge in [-0.15, -0.1) is 0 Å². The minimum Gasteiger partial charge on any atom is -0.497 e. The molecule has 0 spiro atoms. The third-order valence-corrected chi connectivity index (χ3v) is 5.17. The number of methoxy groups -OCH3 is 2. The highest BCUT2D eigenvalue weighted by Gasteiger charge is 2.14. The second-order valence-corrected chi connectivity index (χ2v) is 7.34. The van der Waals surface area contributed by atoms with Crippen LogP contribution in [0.4, 0.5) is 0 Å². The average Bonchev–Trinajstić information content (AvgIpc) is 3.10. The Labute approximate surface area is 182 Å². The Hall–Kier alpha value is -3.48.